The first kappa shape index (κ1) is 12.3. The first-order valence-corrected chi connectivity index (χ1v) is 7.26. The molecule has 0 unspecified atom stereocenters. The van der Waals surface area contributed by atoms with Crippen molar-refractivity contribution >= 4 is 16.3 Å². The number of hydrogen-bond donors (Lipinski definition) is 0. The number of aromatic nitrogens is 6. The molecule has 3 rings (SSSR count). The number of fused-ring (bicyclic) bond motifs is 1. The zero-order chi connectivity index (χ0) is 13.4. The molecule has 0 spiro atoms. The van der Waals surface area contributed by atoms with E-state index < -0.39 is 0 Å². The minimum Gasteiger partial charge on any atom is -0.262 e. The Morgan fingerprint density at radius 1 is 1.32 bits per heavy atom. The predicted molar refractivity (Wildman–Crippen MR) is 74.3 cm³/mol. The van der Waals surface area contributed by atoms with Crippen LogP contribution in [0.5, 0.6) is 0 Å². The molecule has 0 aliphatic rings. The number of nitrogens with zero attached hydrogens (tertiary/aromatic N) is 6. The first-order chi connectivity index (χ1) is 9.20. The van der Waals surface area contributed by atoms with Gasteiger partial charge in [-0.1, -0.05) is 32.1 Å². The average Bonchev–Trinajstić information content (AvgIpc) is 3.00. The second-order valence-corrected chi connectivity index (χ2v) is 5.71. The van der Waals surface area contributed by atoms with E-state index in [9.17, 15) is 0 Å². The van der Waals surface area contributed by atoms with Gasteiger partial charge in [-0.3, -0.25) is 4.68 Å². The van der Waals surface area contributed by atoms with Crippen molar-refractivity contribution in [2.24, 2.45) is 0 Å². The Bertz CT molecular complexity index is 692. The fourth-order valence-corrected chi connectivity index (χ4v) is 2.88. The van der Waals surface area contributed by atoms with Gasteiger partial charge in [0, 0.05) is 18.7 Å². The summed E-state index contributed by atoms with van der Waals surface area (Å²) < 4.78 is 3.83. The topological polar surface area (TPSA) is 60.9 Å². The molecule has 0 aliphatic carbocycles. The number of rotatable bonds is 4. The van der Waals surface area contributed by atoms with E-state index in [1.807, 2.05) is 21.5 Å². The van der Waals surface area contributed by atoms with E-state index in [4.69, 9.17) is 0 Å². The second kappa shape index (κ2) is 4.73. The molecule has 0 aliphatic heterocycles. The first-order valence-electron chi connectivity index (χ1n) is 6.45. The molecule has 6 nitrogen and oxygen atoms in total. The number of hydrogen-bond acceptors (Lipinski definition) is 5. The van der Waals surface area contributed by atoms with Gasteiger partial charge in [0.2, 0.25) is 4.96 Å². The smallest absolute Gasteiger partial charge is 0.235 e. The highest BCUT2D eigenvalue weighted by molar-refractivity contribution is 7.19. The van der Waals surface area contributed by atoms with Crippen LogP contribution in [0.2, 0.25) is 0 Å². The monoisotopic (exact) mass is 276 g/mol. The summed E-state index contributed by atoms with van der Waals surface area (Å²) in [6.45, 7) is 7.23. The second-order valence-electron chi connectivity index (χ2n) is 4.75. The summed E-state index contributed by atoms with van der Waals surface area (Å²) in [7, 11) is 0. The van der Waals surface area contributed by atoms with Crippen molar-refractivity contribution in [2.45, 2.75) is 39.7 Å². The molecule has 7 heteroatoms. The Kier molecular flexibility index (Phi) is 3.06. The Balaban J connectivity index is 2.08. The minimum absolute atomic E-state index is 0.311. The molecule has 0 fully saturated rings. The summed E-state index contributed by atoms with van der Waals surface area (Å²) in [5, 5.41) is 18.3. The molecular formula is C12H16N6S. The van der Waals surface area contributed by atoms with E-state index >= 15 is 0 Å². The standard InChI is InChI=1S/C12H16N6S/c1-4-7-17-9(5-6-13-17)11-16-18-10(8(2)3)14-15-12(18)19-11/h5-6,8H,4,7H2,1-3H3. The maximum absolute atomic E-state index is 4.63. The Hall–Kier alpha value is -1.76. The Morgan fingerprint density at radius 3 is 2.89 bits per heavy atom. The lowest BCUT2D eigenvalue weighted by Gasteiger charge is -2.02. The molecule has 3 aromatic heterocycles. The van der Waals surface area contributed by atoms with Crippen LogP contribution in [0.3, 0.4) is 0 Å². The van der Waals surface area contributed by atoms with Gasteiger partial charge in [0.1, 0.15) is 0 Å². The van der Waals surface area contributed by atoms with Crippen LogP contribution in [0.4, 0.5) is 0 Å². The highest BCUT2D eigenvalue weighted by Crippen LogP contribution is 2.26. The van der Waals surface area contributed by atoms with Crippen LogP contribution in [0, 0.1) is 0 Å². The van der Waals surface area contributed by atoms with Gasteiger partial charge in [0.25, 0.3) is 0 Å². The van der Waals surface area contributed by atoms with Crippen molar-refractivity contribution in [3.05, 3.63) is 18.1 Å². The van der Waals surface area contributed by atoms with Gasteiger partial charge in [-0.2, -0.15) is 14.7 Å². The van der Waals surface area contributed by atoms with E-state index in [-0.39, 0.29) is 0 Å². The van der Waals surface area contributed by atoms with E-state index in [2.05, 4.69) is 41.2 Å². The van der Waals surface area contributed by atoms with Crippen molar-refractivity contribution in [3.8, 4) is 10.7 Å². The molecule has 0 saturated carbocycles. The van der Waals surface area contributed by atoms with Crippen LogP contribution in [0.1, 0.15) is 38.9 Å². The molecule has 0 amide bonds. The Morgan fingerprint density at radius 2 is 2.16 bits per heavy atom. The summed E-state index contributed by atoms with van der Waals surface area (Å²) in [6.07, 6.45) is 2.87. The third-order valence-corrected chi connectivity index (χ3v) is 3.82. The van der Waals surface area contributed by atoms with Crippen LogP contribution in [-0.4, -0.2) is 29.6 Å². The van der Waals surface area contributed by atoms with Crippen molar-refractivity contribution in [3.63, 3.8) is 0 Å². The largest absolute Gasteiger partial charge is 0.262 e. The van der Waals surface area contributed by atoms with Crippen LogP contribution < -0.4 is 0 Å². The van der Waals surface area contributed by atoms with Gasteiger partial charge < -0.3 is 0 Å². The Labute approximate surface area is 115 Å². The summed E-state index contributed by atoms with van der Waals surface area (Å²) in [5.74, 6) is 1.21. The molecule has 0 aromatic carbocycles. The summed E-state index contributed by atoms with van der Waals surface area (Å²) in [6, 6.07) is 2.00. The van der Waals surface area contributed by atoms with Crippen molar-refractivity contribution < 1.29 is 0 Å². The molecule has 0 bridgehead atoms. The minimum atomic E-state index is 0.311. The molecule has 3 heterocycles. The summed E-state index contributed by atoms with van der Waals surface area (Å²) in [4.78, 5) is 0.836. The van der Waals surface area contributed by atoms with Crippen molar-refractivity contribution in [1.29, 1.82) is 0 Å². The van der Waals surface area contributed by atoms with Gasteiger partial charge in [-0.15, -0.1) is 10.2 Å². The normalized spacial score (nSPS) is 11.8. The van der Waals surface area contributed by atoms with Crippen LogP contribution in [0.15, 0.2) is 12.3 Å². The van der Waals surface area contributed by atoms with Crippen molar-refractivity contribution in [2.75, 3.05) is 0 Å². The third kappa shape index (κ3) is 2.03. The van der Waals surface area contributed by atoms with Crippen LogP contribution in [-0.2, 0) is 6.54 Å². The molecule has 0 radical (unpaired) electrons. The van der Waals surface area contributed by atoms with E-state index in [0.717, 1.165) is 34.5 Å². The van der Waals surface area contributed by atoms with Crippen LogP contribution >= 0.6 is 11.3 Å². The fraction of sp³-hybridized carbons (Fsp3) is 0.500. The molecule has 3 aromatic rings. The molecule has 19 heavy (non-hydrogen) atoms. The van der Waals surface area contributed by atoms with E-state index in [1.165, 1.54) is 0 Å². The van der Waals surface area contributed by atoms with Gasteiger partial charge >= 0.3 is 0 Å². The molecule has 0 N–H and O–H groups in total. The van der Waals surface area contributed by atoms with Gasteiger partial charge in [0.05, 0.1) is 5.69 Å². The molecular weight excluding hydrogens is 260 g/mol. The predicted octanol–water partition coefficient (Wildman–Crippen LogP) is 2.58. The quantitative estimate of drug-likeness (QED) is 0.735. The fourth-order valence-electron chi connectivity index (χ4n) is 2.00. The molecule has 0 saturated heterocycles. The third-order valence-electron chi connectivity index (χ3n) is 2.90. The van der Waals surface area contributed by atoms with Crippen LogP contribution in [0.25, 0.3) is 15.7 Å². The van der Waals surface area contributed by atoms with Gasteiger partial charge in [-0.05, 0) is 12.5 Å². The maximum atomic E-state index is 4.63. The lowest BCUT2D eigenvalue weighted by Crippen LogP contribution is -2.02. The maximum Gasteiger partial charge on any atom is 0.235 e. The van der Waals surface area contributed by atoms with Gasteiger partial charge in [-0.25, -0.2) is 0 Å². The highest BCUT2D eigenvalue weighted by atomic mass is 32.1. The zero-order valence-corrected chi connectivity index (χ0v) is 12.1. The lowest BCUT2D eigenvalue weighted by atomic mass is 10.2. The van der Waals surface area contributed by atoms with Gasteiger partial charge in [0.15, 0.2) is 10.8 Å². The van der Waals surface area contributed by atoms with Crippen molar-refractivity contribution in [1.82, 2.24) is 29.6 Å². The summed E-state index contributed by atoms with van der Waals surface area (Å²) >= 11 is 1.55. The summed E-state index contributed by atoms with van der Waals surface area (Å²) in [5.41, 5.74) is 1.05. The zero-order valence-electron chi connectivity index (χ0n) is 11.2. The van der Waals surface area contributed by atoms with E-state index in [1.54, 1.807) is 11.3 Å². The number of aryl methyl sites for hydroxylation is 1. The average molecular weight is 276 g/mol. The lowest BCUT2D eigenvalue weighted by molar-refractivity contribution is 0.608. The highest BCUT2D eigenvalue weighted by Gasteiger charge is 2.16. The SMILES string of the molecule is CCCn1nccc1-c1nn2c(C(C)C)nnc2s1. The molecule has 0 atom stereocenters. The molecule has 100 valence electrons. The van der Waals surface area contributed by atoms with E-state index in [0.29, 0.717) is 5.92 Å².